The summed E-state index contributed by atoms with van der Waals surface area (Å²) in [5.74, 6) is -0.0635. The van der Waals surface area contributed by atoms with Crippen LogP contribution >= 0.6 is 0 Å². The number of nitrogens with zero attached hydrogens (tertiary/aromatic N) is 2. The van der Waals surface area contributed by atoms with E-state index in [0.29, 0.717) is 24.6 Å². The number of nitrogen functional groups attached to an aromatic ring is 1. The number of likely N-dealkylation sites (N-methyl/N-ethyl adjacent to an activating group) is 1. The topological polar surface area (TPSA) is 134 Å². The van der Waals surface area contributed by atoms with Crippen LogP contribution in [0, 0.1) is 10.1 Å². The van der Waals surface area contributed by atoms with Crippen LogP contribution in [0.3, 0.4) is 0 Å². The first kappa shape index (κ1) is 19.9. The Bertz CT molecular complexity index is 961. The number of carbonyl (C=O) groups excluding carboxylic acids is 2. The number of anilines is 1. The lowest BCUT2D eigenvalue weighted by molar-refractivity contribution is -0.384. The Kier molecular flexibility index (Phi) is 5.82. The quantitative estimate of drug-likeness (QED) is 0.323. The molecule has 29 heavy (non-hydrogen) atoms. The molecule has 1 aliphatic heterocycles. The number of fused-ring (bicyclic) bond motifs is 1. The minimum Gasteiger partial charge on any atom is -0.454 e. The molecular weight excluding hydrogens is 382 g/mol. The van der Waals surface area contributed by atoms with Crippen molar-refractivity contribution >= 4 is 23.3 Å². The number of nitro benzene ring substituents is 1. The van der Waals surface area contributed by atoms with Gasteiger partial charge in [-0.3, -0.25) is 14.9 Å². The average Bonchev–Trinajstić information content (AvgIpc) is 3.18. The van der Waals surface area contributed by atoms with Gasteiger partial charge in [0.2, 0.25) is 6.79 Å². The van der Waals surface area contributed by atoms with Crippen LogP contribution in [-0.4, -0.2) is 41.6 Å². The van der Waals surface area contributed by atoms with Crippen LogP contribution in [0.5, 0.6) is 11.5 Å². The molecule has 10 nitrogen and oxygen atoms in total. The summed E-state index contributed by atoms with van der Waals surface area (Å²) < 4.78 is 15.6. The number of benzene rings is 2. The van der Waals surface area contributed by atoms with Gasteiger partial charge in [-0.05, 0) is 30.7 Å². The third-order valence-electron chi connectivity index (χ3n) is 4.34. The lowest BCUT2D eigenvalue weighted by Crippen LogP contribution is -2.34. The van der Waals surface area contributed by atoms with Crippen LogP contribution in [0.25, 0.3) is 0 Å². The highest BCUT2D eigenvalue weighted by atomic mass is 16.7. The third-order valence-corrected chi connectivity index (χ3v) is 4.34. The fourth-order valence-electron chi connectivity index (χ4n) is 2.77. The highest BCUT2D eigenvalue weighted by Crippen LogP contribution is 2.32. The van der Waals surface area contributed by atoms with Crippen molar-refractivity contribution in [3.05, 3.63) is 57.6 Å². The van der Waals surface area contributed by atoms with E-state index in [9.17, 15) is 19.7 Å². The molecule has 0 saturated heterocycles. The maximum absolute atomic E-state index is 12.5. The predicted octanol–water partition coefficient (Wildman–Crippen LogP) is 2.11. The zero-order valence-electron chi connectivity index (χ0n) is 15.6. The van der Waals surface area contributed by atoms with E-state index in [0.717, 1.165) is 11.6 Å². The van der Waals surface area contributed by atoms with E-state index in [4.69, 9.17) is 19.9 Å². The Labute approximate surface area is 165 Å². The monoisotopic (exact) mass is 401 g/mol. The van der Waals surface area contributed by atoms with E-state index in [1.807, 2.05) is 6.07 Å². The van der Waals surface area contributed by atoms with Gasteiger partial charge in [-0.1, -0.05) is 6.07 Å². The van der Waals surface area contributed by atoms with Gasteiger partial charge in [-0.15, -0.1) is 0 Å². The fourth-order valence-corrected chi connectivity index (χ4v) is 2.77. The Morgan fingerprint density at radius 1 is 1.21 bits per heavy atom. The van der Waals surface area contributed by atoms with Gasteiger partial charge in [0.1, 0.15) is 0 Å². The summed E-state index contributed by atoms with van der Waals surface area (Å²) in [7, 11) is 0. The maximum atomic E-state index is 12.5. The van der Waals surface area contributed by atoms with E-state index in [2.05, 4.69) is 0 Å². The SMILES string of the molecule is CCN(Cc1ccc2c(c1)OCO2)C(=O)COC(=O)c1cc([N+](=O)[O-])ccc1N. The van der Waals surface area contributed by atoms with Crippen molar-refractivity contribution in [3.8, 4) is 11.5 Å². The first-order valence-corrected chi connectivity index (χ1v) is 8.76. The summed E-state index contributed by atoms with van der Waals surface area (Å²) in [4.78, 5) is 36.4. The van der Waals surface area contributed by atoms with Crippen molar-refractivity contribution in [2.75, 3.05) is 25.7 Å². The minimum absolute atomic E-state index is 0.0285. The van der Waals surface area contributed by atoms with E-state index in [1.165, 1.54) is 17.0 Å². The third kappa shape index (κ3) is 4.54. The lowest BCUT2D eigenvalue weighted by atomic mass is 10.1. The second-order valence-electron chi connectivity index (χ2n) is 6.20. The van der Waals surface area contributed by atoms with Crippen LogP contribution in [0.15, 0.2) is 36.4 Å². The first-order valence-electron chi connectivity index (χ1n) is 8.76. The number of rotatable bonds is 7. The summed E-state index contributed by atoms with van der Waals surface area (Å²) in [6.07, 6.45) is 0. The number of esters is 1. The van der Waals surface area contributed by atoms with E-state index >= 15 is 0 Å². The molecule has 0 bridgehead atoms. The zero-order valence-corrected chi connectivity index (χ0v) is 15.6. The van der Waals surface area contributed by atoms with Crippen molar-refractivity contribution in [2.45, 2.75) is 13.5 Å². The van der Waals surface area contributed by atoms with Crippen LogP contribution in [-0.2, 0) is 16.1 Å². The zero-order chi connectivity index (χ0) is 21.0. The molecule has 0 aliphatic carbocycles. The molecule has 1 heterocycles. The van der Waals surface area contributed by atoms with Crippen LogP contribution in [0.2, 0.25) is 0 Å². The number of hydrogen-bond donors (Lipinski definition) is 1. The Morgan fingerprint density at radius 2 is 1.97 bits per heavy atom. The second-order valence-corrected chi connectivity index (χ2v) is 6.20. The standard InChI is InChI=1S/C19H19N3O7/c1-2-21(9-12-3-6-16-17(7-12)29-11-28-16)18(23)10-27-19(24)14-8-13(22(25)26)4-5-15(14)20/h3-8H,2,9-11,20H2,1H3. The first-order chi connectivity index (χ1) is 13.9. The van der Waals surface area contributed by atoms with Gasteiger partial charge in [0, 0.05) is 30.9 Å². The molecule has 0 radical (unpaired) electrons. The molecule has 0 saturated carbocycles. The fraction of sp³-hybridized carbons (Fsp3) is 0.263. The van der Waals surface area contributed by atoms with Crippen molar-refractivity contribution in [1.82, 2.24) is 4.90 Å². The molecule has 0 spiro atoms. The summed E-state index contributed by atoms with van der Waals surface area (Å²) in [6.45, 7) is 2.13. The number of amides is 1. The molecule has 0 unspecified atom stereocenters. The molecule has 0 aromatic heterocycles. The number of ether oxygens (including phenoxy) is 3. The average molecular weight is 401 g/mol. The van der Waals surface area contributed by atoms with E-state index in [1.54, 1.807) is 19.1 Å². The van der Waals surface area contributed by atoms with Crippen molar-refractivity contribution in [1.29, 1.82) is 0 Å². The molecule has 2 aromatic carbocycles. The lowest BCUT2D eigenvalue weighted by Gasteiger charge is -2.21. The van der Waals surface area contributed by atoms with Crippen LogP contribution in [0.1, 0.15) is 22.8 Å². The van der Waals surface area contributed by atoms with Gasteiger partial charge in [0.15, 0.2) is 18.1 Å². The molecular formula is C19H19N3O7. The Hall–Kier alpha value is -3.82. The molecule has 3 rings (SSSR count). The molecule has 0 atom stereocenters. The normalized spacial score (nSPS) is 11.8. The molecule has 2 aromatic rings. The summed E-state index contributed by atoms with van der Waals surface area (Å²) in [5, 5.41) is 10.9. The van der Waals surface area contributed by atoms with Gasteiger partial charge in [0.05, 0.1) is 10.5 Å². The molecule has 1 aliphatic rings. The van der Waals surface area contributed by atoms with Gasteiger partial charge >= 0.3 is 5.97 Å². The Morgan fingerprint density at radius 3 is 2.69 bits per heavy atom. The number of nitro groups is 1. The van der Waals surface area contributed by atoms with Gasteiger partial charge in [-0.25, -0.2) is 4.79 Å². The molecule has 1 amide bonds. The number of nitrogens with two attached hydrogens (primary N) is 1. The van der Waals surface area contributed by atoms with Gasteiger partial charge < -0.3 is 24.8 Å². The van der Waals surface area contributed by atoms with Gasteiger partial charge in [0.25, 0.3) is 11.6 Å². The van der Waals surface area contributed by atoms with Crippen molar-refractivity contribution < 1.29 is 28.7 Å². The van der Waals surface area contributed by atoms with Crippen molar-refractivity contribution in [2.24, 2.45) is 0 Å². The van der Waals surface area contributed by atoms with Gasteiger partial charge in [-0.2, -0.15) is 0 Å². The number of hydrogen-bond acceptors (Lipinski definition) is 8. The highest BCUT2D eigenvalue weighted by molar-refractivity contribution is 5.97. The molecule has 10 heteroatoms. The van der Waals surface area contributed by atoms with E-state index < -0.39 is 23.4 Å². The molecule has 2 N–H and O–H groups in total. The van der Waals surface area contributed by atoms with E-state index in [-0.39, 0.29) is 23.7 Å². The second kappa shape index (κ2) is 8.46. The predicted molar refractivity (Wildman–Crippen MR) is 101 cm³/mol. The highest BCUT2D eigenvalue weighted by Gasteiger charge is 2.20. The largest absolute Gasteiger partial charge is 0.454 e. The summed E-state index contributed by atoms with van der Waals surface area (Å²) in [5.41, 5.74) is 6.09. The van der Waals surface area contributed by atoms with Crippen LogP contribution < -0.4 is 15.2 Å². The number of non-ortho nitro benzene ring substituents is 1. The summed E-state index contributed by atoms with van der Waals surface area (Å²) >= 11 is 0. The maximum Gasteiger partial charge on any atom is 0.341 e. The number of carbonyl (C=O) groups is 2. The Balaban J connectivity index is 1.62. The molecule has 0 fully saturated rings. The molecule has 152 valence electrons. The smallest absolute Gasteiger partial charge is 0.341 e. The van der Waals surface area contributed by atoms with Crippen molar-refractivity contribution in [3.63, 3.8) is 0 Å². The summed E-state index contributed by atoms with van der Waals surface area (Å²) in [6, 6.07) is 8.82. The minimum atomic E-state index is -0.904. The van der Waals surface area contributed by atoms with Crippen LogP contribution in [0.4, 0.5) is 11.4 Å².